The van der Waals surface area contributed by atoms with Crippen LogP contribution in [0, 0.1) is 0 Å². The lowest BCUT2D eigenvalue weighted by atomic mass is 10.0. The smallest absolute Gasteiger partial charge is 0.119 e. The molecule has 0 heterocycles. The zero-order valence-electron chi connectivity index (χ0n) is 15.8. The molecule has 3 nitrogen and oxygen atoms in total. The van der Waals surface area contributed by atoms with E-state index in [0.717, 1.165) is 12.3 Å². The third-order valence-electron chi connectivity index (χ3n) is 4.33. The summed E-state index contributed by atoms with van der Waals surface area (Å²) < 4.78 is 12.0. The van der Waals surface area contributed by atoms with Crippen molar-refractivity contribution in [2.45, 2.75) is 19.1 Å². The van der Waals surface area contributed by atoms with Gasteiger partial charge in [0.15, 0.2) is 0 Å². The average molecular weight is 361 g/mol. The molecule has 1 unspecified atom stereocenters. The van der Waals surface area contributed by atoms with E-state index in [0.29, 0.717) is 13.2 Å². The van der Waals surface area contributed by atoms with Crippen LogP contribution in [0.4, 0.5) is 0 Å². The van der Waals surface area contributed by atoms with Crippen molar-refractivity contribution in [2.75, 3.05) is 19.8 Å². The van der Waals surface area contributed by atoms with Gasteiger partial charge in [0.1, 0.15) is 18.5 Å². The molecule has 0 fully saturated rings. The Morgan fingerprint density at radius 3 is 1.81 bits per heavy atom. The molecule has 0 radical (unpaired) electrons. The van der Waals surface area contributed by atoms with Crippen LogP contribution in [0.5, 0.6) is 5.75 Å². The van der Waals surface area contributed by atoms with Crippen molar-refractivity contribution >= 4 is 0 Å². The van der Waals surface area contributed by atoms with Gasteiger partial charge in [0.2, 0.25) is 0 Å². The second-order valence-electron chi connectivity index (χ2n) is 6.55. The molecule has 0 amide bonds. The molecule has 0 aliphatic carbocycles. The Balaban J connectivity index is 1.46. The minimum absolute atomic E-state index is 0.0509. The molecule has 3 aromatic carbocycles. The number of benzene rings is 3. The molecule has 27 heavy (non-hydrogen) atoms. The normalized spacial score (nSPS) is 12.1. The molecule has 3 rings (SSSR count). The maximum atomic E-state index is 6.22. The van der Waals surface area contributed by atoms with Gasteiger partial charge in [0, 0.05) is 12.6 Å². The Morgan fingerprint density at radius 1 is 0.741 bits per heavy atom. The Kier molecular flexibility index (Phi) is 7.45. The second kappa shape index (κ2) is 10.5. The van der Waals surface area contributed by atoms with Gasteiger partial charge >= 0.3 is 0 Å². The van der Waals surface area contributed by atoms with Gasteiger partial charge in [-0.15, -0.1) is 0 Å². The predicted octanol–water partition coefficient (Wildman–Crippen LogP) is 4.85. The molecule has 3 heteroatoms. The van der Waals surface area contributed by atoms with Crippen molar-refractivity contribution in [1.82, 2.24) is 5.32 Å². The number of hydrogen-bond acceptors (Lipinski definition) is 3. The van der Waals surface area contributed by atoms with Gasteiger partial charge in [0.25, 0.3) is 0 Å². The fraction of sp³-hybridized carbons (Fsp3) is 0.250. The molecule has 0 saturated heterocycles. The molecule has 0 saturated carbocycles. The predicted molar refractivity (Wildman–Crippen MR) is 110 cm³/mol. The van der Waals surface area contributed by atoms with Gasteiger partial charge < -0.3 is 14.8 Å². The van der Waals surface area contributed by atoms with Crippen molar-refractivity contribution in [1.29, 1.82) is 0 Å². The molecular formula is C24H27NO2. The number of nitrogens with one attached hydrogen (secondary N) is 1. The van der Waals surface area contributed by atoms with Crippen LogP contribution in [0.25, 0.3) is 0 Å². The summed E-state index contributed by atoms with van der Waals surface area (Å²) in [6.45, 7) is 4.15. The van der Waals surface area contributed by atoms with Crippen molar-refractivity contribution in [3.8, 4) is 5.75 Å². The highest BCUT2D eigenvalue weighted by Crippen LogP contribution is 2.25. The molecule has 0 bridgehead atoms. The van der Waals surface area contributed by atoms with Crippen molar-refractivity contribution in [3.63, 3.8) is 0 Å². The van der Waals surface area contributed by atoms with Crippen LogP contribution in [0.15, 0.2) is 91.0 Å². The third kappa shape index (κ3) is 6.24. The van der Waals surface area contributed by atoms with Crippen LogP contribution in [0.1, 0.15) is 24.2 Å². The zero-order chi connectivity index (χ0) is 18.7. The average Bonchev–Trinajstić information content (AvgIpc) is 2.74. The minimum atomic E-state index is -0.0509. The molecule has 3 aromatic rings. The van der Waals surface area contributed by atoms with Gasteiger partial charge in [0.05, 0.1) is 6.61 Å². The highest BCUT2D eigenvalue weighted by molar-refractivity contribution is 5.29. The number of hydrogen-bond donors (Lipinski definition) is 1. The van der Waals surface area contributed by atoms with Crippen LogP contribution in [-0.4, -0.2) is 25.8 Å². The lowest BCUT2D eigenvalue weighted by molar-refractivity contribution is 0.0797. The molecular weight excluding hydrogens is 334 g/mol. The summed E-state index contributed by atoms with van der Waals surface area (Å²) in [5, 5.41) is 3.46. The first-order valence-electron chi connectivity index (χ1n) is 9.45. The van der Waals surface area contributed by atoms with Crippen LogP contribution >= 0.6 is 0 Å². The van der Waals surface area contributed by atoms with Gasteiger partial charge in [-0.05, 0) is 30.2 Å². The summed E-state index contributed by atoms with van der Waals surface area (Å²) >= 11 is 0. The standard InChI is InChI=1S/C24H27NO2/c1-20(19-27-23-15-9-4-10-16-23)25-17-18-26-24(21-11-5-2-6-12-21)22-13-7-3-8-14-22/h2-16,20,24-25H,17-19H2,1H3. The summed E-state index contributed by atoms with van der Waals surface area (Å²) in [6, 6.07) is 30.9. The first-order chi connectivity index (χ1) is 13.3. The first kappa shape index (κ1) is 19.2. The Labute approximate surface area is 162 Å². The lowest BCUT2D eigenvalue weighted by Gasteiger charge is -2.20. The maximum absolute atomic E-state index is 6.22. The number of ether oxygens (including phenoxy) is 2. The van der Waals surface area contributed by atoms with Crippen LogP contribution in [0.2, 0.25) is 0 Å². The molecule has 0 aliphatic heterocycles. The maximum Gasteiger partial charge on any atom is 0.119 e. The van der Waals surface area contributed by atoms with Gasteiger partial charge in [-0.25, -0.2) is 0 Å². The van der Waals surface area contributed by atoms with Gasteiger partial charge in [-0.3, -0.25) is 0 Å². The third-order valence-corrected chi connectivity index (χ3v) is 4.33. The largest absolute Gasteiger partial charge is 0.492 e. The molecule has 0 aliphatic rings. The minimum Gasteiger partial charge on any atom is -0.492 e. The summed E-state index contributed by atoms with van der Waals surface area (Å²) in [4.78, 5) is 0. The van der Waals surface area contributed by atoms with Gasteiger partial charge in [-0.2, -0.15) is 0 Å². The van der Waals surface area contributed by atoms with E-state index >= 15 is 0 Å². The van der Waals surface area contributed by atoms with Crippen molar-refractivity contribution in [2.24, 2.45) is 0 Å². The topological polar surface area (TPSA) is 30.5 Å². The molecule has 1 N–H and O–H groups in total. The van der Waals surface area contributed by atoms with E-state index in [1.807, 2.05) is 42.5 Å². The fourth-order valence-electron chi connectivity index (χ4n) is 2.92. The zero-order valence-corrected chi connectivity index (χ0v) is 15.8. The van der Waals surface area contributed by atoms with E-state index in [2.05, 4.69) is 60.8 Å². The molecule has 0 aromatic heterocycles. The first-order valence-corrected chi connectivity index (χ1v) is 9.45. The Bertz CT molecular complexity index is 723. The van der Waals surface area contributed by atoms with E-state index in [1.165, 1.54) is 11.1 Å². The fourth-order valence-corrected chi connectivity index (χ4v) is 2.92. The summed E-state index contributed by atoms with van der Waals surface area (Å²) in [5.74, 6) is 0.899. The summed E-state index contributed by atoms with van der Waals surface area (Å²) in [7, 11) is 0. The number of rotatable bonds is 10. The van der Waals surface area contributed by atoms with E-state index in [-0.39, 0.29) is 12.1 Å². The van der Waals surface area contributed by atoms with Crippen molar-refractivity contribution in [3.05, 3.63) is 102 Å². The van der Waals surface area contributed by atoms with E-state index in [4.69, 9.17) is 9.47 Å². The highest BCUT2D eigenvalue weighted by Gasteiger charge is 2.14. The number of para-hydroxylation sites is 1. The van der Waals surface area contributed by atoms with E-state index < -0.39 is 0 Å². The lowest BCUT2D eigenvalue weighted by Crippen LogP contribution is -2.34. The highest BCUT2D eigenvalue weighted by atomic mass is 16.5. The van der Waals surface area contributed by atoms with Crippen molar-refractivity contribution < 1.29 is 9.47 Å². The van der Waals surface area contributed by atoms with Crippen LogP contribution in [-0.2, 0) is 4.74 Å². The SMILES string of the molecule is CC(COc1ccccc1)NCCOC(c1ccccc1)c1ccccc1. The van der Waals surface area contributed by atoms with E-state index in [1.54, 1.807) is 0 Å². The monoisotopic (exact) mass is 361 g/mol. The summed E-state index contributed by atoms with van der Waals surface area (Å²) in [6.07, 6.45) is -0.0509. The van der Waals surface area contributed by atoms with Crippen LogP contribution in [0.3, 0.4) is 0 Å². The Morgan fingerprint density at radius 2 is 1.26 bits per heavy atom. The summed E-state index contributed by atoms with van der Waals surface area (Å²) in [5.41, 5.74) is 2.34. The quantitative estimate of drug-likeness (QED) is 0.524. The molecule has 140 valence electrons. The Hall–Kier alpha value is -2.62. The molecule has 0 spiro atoms. The van der Waals surface area contributed by atoms with Crippen LogP contribution < -0.4 is 10.1 Å². The van der Waals surface area contributed by atoms with Gasteiger partial charge in [-0.1, -0.05) is 78.9 Å². The molecule has 1 atom stereocenters. The van der Waals surface area contributed by atoms with E-state index in [9.17, 15) is 0 Å². The second-order valence-corrected chi connectivity index (χ2v) is 6.55.